The number of piperazine rings is 1. The van der Waals surface area contributed by atoms with Crippen molar-refractivity contribution in [2.45, 2.75) is 56.8 Å². The van der Waals surface area contributed by atoms with E-state index in [-0.39, 0.29) is 18.8 Å². The van der Waals surface area contributed by atoms with Crippen LogP contribution in [-0.2, 0) is 26.3 Å². The number of likely N-dealkylation sites (tertiary alicyclic amines) is 1. The second-order valence-corrected chi connectivity index (χ2v) is 12.3. The molecule has 0 radical (unpaired) electrons. The maximum atomic E-state index is 14.1. The monoisotopic (exact) mass is 547 g/mol. The summed E-state index contributed by atoms with van der Waals surface area (Å²) in [5.74, 6) is 0.277. The lowest BCUT2D eigenvalue weighted by Crippen LogP contribution is -2.69. The molecule has 2 aromatic rings. The van der Waals surface area contributed by atoms with Crippen molar-refractivity contribution in [2.75, 3.05) is 32.8 Å². The van der Waals surface area contributed by atoms with Crippen LogP contribution in [0.5, 0.6) is 5.75 Å². The molecular weight excluding hydrogens is 514 g/mol. The van der Waals surface area contributed by atoms with E-state index in [1.807, 2.05) is 30.3 Å². The van der Waals surface area contributed by atoms with Gasteiger partial charge >= 0.3 is 5.97 Å². The Kier molecular flexibility index (Phi) is 7.79. The van der Waals surface area contributed by atoms with E-state index < -0.39 is 21.7 Å². The van der Waals surface area contributed by atoms with Crippen molar-refractivity contribution in [3.63, 3.8) is 0 Å². The summed E-state index contributed by atoms with van der Waals surface area (Å²) in [6.45, 7) is 4.24. The zero-order chi connectivity index (χ0) is 26.0. The van der Waals surface area contributed by atoms with Crippen LogP contribution in [0.1, 0.15) is 38.2 Å². The molecule has 0 saturated carbocycles. The third-order valence-corrected chi connectivity index (χ3v) is 10.0. The number of carbonyl (C=O) groups excluding carboxylic acids is 1. The fraction of sp³-hybridized carbons (Fsp3) is 0.519. The number of piperidine rings is 1. The Morgan fingerprint density at radius 1 is 1.05 bits per heavy atom. The molecule has 8 nitrogen and oxygen atoms in total. The van der Waals surface area contributed by atoms with Crippen molar-refractivity contribution in [1.29, 1.82) is 0 Å². The molecule has 3 aliphatic heterocycles. The summed E-state index contributed by atoms with van der Waals surface area (Å²) in [4.78, 5) is 15.6. The summed E-state index contributed by atoms with van der Waals surface area (Å²) in [6, 6.07) is 17.0. The molecule has 200 valence electrons. The number of fused-ring (bicyclic) bond motifs is 2. The average molecular weight is 548 g/mol. The van der Waals surface area contributed by atoms with Gasteiger partial charge in [-0.05, 0) is 62.4 Å². The zero-order valence-corrected chi connectivity index (χ0v) is 22.7. The van der Waals surface area contributed by atoms with E-state index in [0.717, 1.165) is 11.3 Å². The van der Waals surface area contributed by atoms with Gasteiger partial charge in [0, 0.05) is 43.8 Å². The molecule has 5 rings (SSSR count). The maximum absolute atomic E-state index is 14.1. The highest BCUT2D eigenvalue weighted by Gasteiger charge is 2.62. The predicted octanol–water partition coefficient (Wildman–Crippen LogP) is 3.71. The fourth-order valence-corrected chi connectivity index (χ4v) is 8.19. The Morgan fingerprint density at radius 3 is 2.43 bits per heavy atom. The van der Waals surface area contributed by atoms with Crippen LogP contribution in [0.4, 0.5) is 0 Å². The first-order valence-electron chi connectivity index (χ1n) is 13.0. The summed E-state index contributed by atoms with van der Waals surface area (Å²) in [6.07, 6.45) is 2.18. The second kappa shape index (κ2) is 10.9. The van der Waals surface area contributed by atoms with Gasteiger partial charge in [-0.3, -0.25) is 4.90 Å². The average Bonchev–Trinajstić information content (AvgIpc) is 3.16. The van der Waals surface area contributed by atoms with Crippen molar-refractivity contribution in [3.05, 3.63) is 65.2 Å². The largest absolute Gasteiger partial charge is 0.490 e. The van der Waals surface area contributed by atoms with Crippen LogP contribution in [0.25, 0.3) is 0 Å². The van der Waals surface area contributed by atoms with Crippen LogP contribution in [0.2, 0.25) is 5.02 Å². The van der Waals surface area contributed by atoms with Gasteiger partial charge in [-0.1, -0.05) is 41.9 Å². The summed E-state index contributed by atoms with van der Waals surface area (Å²) in [7, 11) is -3.87. The molecule has 0 N–H and O–H groups in total. The molecule has 3 fully saturated rings. The number of benzene rings is 2. The van der Waals surface area contributed by atoms with Crippen molar-refractivity contribution in [1.82, 2.24) is 13.5 Å². The molecule has 10 heteroatoms. The van der Waals surface area contributed by atoms with E-state index in [1.165, 1.54) is 8.61 Å². The van der Waals surface area contributed by atoms with E-state index in [1.54, 1.807) is 19.1 Å². The van der Waals surface area contributed by atoms with Gasteiger partial charge in [0.25, 0.3) is 10.2 Å². The second-order valence-electron chi connectivity index (χ2n) is 10.1. The van der Waals surface area contributed by atoms with Crippen LogP contribution in [0.3, 0.4) is 0 Å². The Bertz CT molecular complexity index is 1190. The van der Waals surface area contributed by atoms with Gasteiger partial charge < -0.3 is 9.47 Å². The molecule has 0 aliphatic carbocycles. The normalized spacial score (nSPS) is 25.7. The van der Waals surface area contributed by atoms with Crippen molar-refractivity contribution < 1.29 is 22.7 Å². The predicted molar refractivity (Wildman–Crippen MR) is 142 cm³/mol. The molecule has 2 unspecified atom stereocenters. The van der Waals surface area contributed by atoms with Crippen LogP contribution in [0, 0.1) is 0 Å². The van der Waals surface area contributed by atoms with E-state index in [2.05, 4.69) is 17.0 Å². The SMILES string of the molecule is CCOC(=O)C12CCC(CN(Cc3ccccc3)C1)N2S(=O)(=O)N1CCC(Oc2ccc(Cl)cc2)CC1. The molecule has 2 atom stereocenters. The number of nitrogens with zero attached hydrogens (tertiary/aromatic N) is 3. The van der Waals surface area contributed by atoms with Crippen LogP contribution >= 0.6 is 11.6 Å². The minimum atomic E-state index is -3.87. The molecule has 3 heterocycles. The summed E-state index contributed by atoms with van der Waals surface area (Å²) in [5, 5.41) is 0.641. The molecular formula is C27H34ClN3O5S. The molecule has 2 aromatic carbocycles. The van der Waals surface area contributed by atoms with Crippen LogP contribution < -0.4 is 4.74 Å². The van der Waals surface area contributed by atoms with Gasteiger partial charge in [0.2, 0.25) is 0 Å². The Balaban J connectivity index is 1.32. The van der Waals surface area contributed by atoms with Crippen molar-refractivity contribution >= 4 is 27.8 Å². The lowest BCUT2D eigenvalue weighted by molar-refractivity contribution is -0.157. The topological polar surface area (TPSA) is 79.4 Å². The van der Waals surface area contributed by atoms with Gasteiger partial charge in [-0.15, -0.1) is 0 Å². The highest BCUT2D eigenvalue weighted by Crippen LogP contribution is 2.44. The van der Waals surface area contributed by atoms with E-state index in [4.69, 9.17) is 21.1 Å². The summed E-state index contributed by atoms with van der Waals surface area (Å²) in [5.41, 5.74) is -0.0663. The van der Waals surface area contributed by atoms with Gasteiger partial charge in [-0.25, -0.2) is 4.79 Å². The third kappa shape index (κ3) is 5.38. The quantitative estimate of drug-likeness (QED) is 0.469. The molecule has 3 aliphatic rings. The molecule has 0 aromatic heterocycles. The van der Waals surface area contributed by atoms with Gasteiger partial charge in [0.05, 0.1) is 6.61 Å². The lowest BCUT2D eigenvalue weighted by atomic mass is 9.96. The Hall–Kier alpha value is -2.17. The fourth-order valence-electron chi connectivity index (χ4n) is 5.93. The zero-order valence-electron chi connectivity index (χ0n) is 21.1. The number of ether oxygens (including phenoxy) is 2. The molecule has 0 spiro atoms. The van der Waals surface area contributed by atoms with Crippen LogP contribution in [-0.4, -0.2) is 78.4 Å². The van der Waals surface area contributed by atoms with E-state index in [9.17, 15) is 13.2 Å². The summed E-state index contributed by atoms with van der Waals surface area (Å²) < 4.78 is 42.7. The highest BCUT2D eigenvalue weighted by atomic mass is 35.5. The number of hydrogen-bond acceptors (Lipinski definition) is 6. The van der Waals surface area contributed by atoms with E-state index in [0.29, 0.717) is 63.4 Å². The number of hydrogen-bond donors (Lipinski definition) is 0. The smallest absolute Gasteiger partial charge is 0.328 e. The van der Waals surface area contributed by atoms with Crippen LogP contribution in [0.15, 0.2) is 54.6 Å². The lowest BCUT2D eigenvalue weighted by Gasteiger charge is -2.48. The highest BCUT2D eigenvalue weighted by molar-refractivity contribution is 7.86. The Morgan fingerprint density at radius 2 is 1.76 bits per heavy atom. The van der Waals surface area contributed by atoms with Gasteiger partial charge in [0.15, 0.2) is 0 Å². The molecule has 3 saturated heterocycles. The van der Waals surface area contributed by atoms with Gasteiger partial charge in [-0.2, -0.15) is 17.0 Å². The minimum Gasteiger partial charge on any atom is -0.490 e. The van der Waals surface area contributed by atoms with E-state index >= 15 is 0 Å². The number of halogens is 1. The maximum Gasteiger partial charge on any atom is 0.328 e. The standard InChI is InChI=1S/C27H34ClN3O5S/c1-2-35-26(32)27-15-12-23(19-29(20-27)18-21-6-4-3-5-7-21)31(27)37(33,34)30-16-13-25(14-17-30)36-24-10-8-22(28)9-11-24/h3-11,23,25H,2,12-20H2,1H3. The Labute approximate surface area is 224 Å². The first-order valence-corrected chi connectivity index (χ1v) is 14.7. The molecule has 2 bridgehead atoms. The van der Waals surface area contributed by atoms with Crippen molar-refractivity contribution in [2.24, 2.45) is 0 Å². The third-order valence-electron chi connectivity index (χ3n) is 7.60. The van der Waals surface area contributed by atoms with Gasteiger partial charge in [0.1, 0.15) is 17.4 Å². The number of carbonyl (C=O) groups is 1. The molecule has 37 heavy (non-hydrogen) atoms. The number of esters is 1. The van der Waals surface area contributed by atoms with Crippen molar-refractivity contribution in [3.8, 4) is 5.75 Å². The summed E-state index contributed by atoms with van der Waals surface area (Å²) >= 11 is 5.96. The molecule has 0 amide bonds. The number of rotatable bonds is 8. The first kappa shape index (κ1) is 26.4. The first-order chi connectivity index (χ1) is 17.8. The minimum absolute atomic E-state index is 0.0777.